The summed E-state index contributed by atoms with van der Waals surface area (Å²) < 4.78 is 16.9. The van der Waals surface area contributed by atoms with Gasteiger partial charge in [-0.2, -0.15) is 0 Å². The highest BCUT2D eigenvalue weighted by Crippen LogP contribution is 2.13. The molecule has 0 radical (unpaired) electrons. The Labute approximate surface area is 108 Å². The molecule has 0 aromatic carbocycles. The van der Waals surface area contributed by atoms with Gasteiger partial charge < -0.3 is 19.0 Å². The topological polar surface area (TPSA) is 70.8 Å². The lowest BCUT2D eigenvalue weighted by molar-refractivity contribution is -0.133. The van der Waals surface area contributed by atoms with Gasteiger partial charge in [-0.25, -0.2) is 0 Å². The molecule has 0 aliphatic carbocycles. The summed E-state index contributed by atoms with van der Waals surface area (Å²) in [5.41, 5.74) is 5.20. The Hall–Kier alpha value is 0.000649. The second-order valence-corrected chi connectivity index (χ2v) is 16.0. The van der Waals surface area contributed by atoms with E-state index in [4.69, 9.17) is 19.0 Å². The van der Waals surface area contributed by atoms with Gasteiger partial charge >= 0.3 is 5.97 Å². The summed E-state index contributed by atoms with van der Waals surface area (Å²) in [5, 5.41) is 0. The fourth-order valence-electron chi connectivity index (χ4n) is 1.10. The van der Waals surface area contributed by atoms with E-state index in [0.717, 1.165) is 0 Å². The highest BCUT2D eigenvalue weighted by molar-refractivity contribution is 6.71. The molecule has 0 saturated carbocycles. The van der Waals surface area contributed by atoms with Crippen molar-refractivity contribution < 1.29 is 18.1 Å². The van der Waals surface area contributed by atoms with Crippen molar-refractivity contribution >= 4 is 32.4 Å². The van der Waals surface area contributed by atoms with Crippen molar-refractivity contribution in [3.8, 4) is 0 Å². The normalized spacial score (nSPS) is 13.6. The molecule has 17 heavy (non-hydrogen) atoms. The Kier molecular flexibility index (Phi) is 6.81. The Balaban J connectivity index is 4.36. The minimum atomic E-state index is -1.69. The summed E-state index contributed by atoms with van der Waals surface area (Å²) in [6.45, 7) is 12.5. The van der Waals surface area contributed by atoms with Gasteiger partial charge in [0, 0.05) is 0 Å². The predicted octanol–water partition coefficient (Wildman–Crippen LogP) is 0.559. The Morgan fingerprint density at radius 2 is 1.53 bits per heavy atom. The van der Waals surface area contributed by atoms with Crippen molar-refractivity contribution in [2.45, 2.75) is 45.2 Å². The number of carbonyl (C=O) groups is 1. The zero-order valence-electron chi connectivity index (χ0n) is 11.7. The van der Waals surface area contributed by atoms with E-state index in [2.05, 4.69) is 39.3 Å². The number of hydrogen-bond acceptors (Lipinski definition) is 5. The van der Waals surface area contributed by atoms with Crippen LogP contribution in [0.25, 0.3) is 0 Å². The molecule has 0 aliphatic heterocycles. The molecule has 0 aromatic rings. The highest BCUT2D eigenvalue weighted by Gasteiger charge is 2.28. The van der Waals surface area contributed by atoms with Gasteiger partial charge in [0.25, 0.3) is 9.76 Å². The second kappa shape index (κ2) is 6.81. The monoisotopic (exact) mass is 295 g/mol. The molecule has 0 bridgehead atoms. The molecule has 2 N–H and O–H groups in total. The third-order valence-electron chi connectivity index (χ3n) is 1.52. The Bertz CT molecular complexity index is 234. The number of rotatable bonds is 7. The summed E-state index contributed by atoms with van der Waals surface area (Å²) >= 11 is 0. The third-order valence-corrected chi connectivity index (χ3v) is 5.22. The highest BCUT2D eigenvalue weighted by atomic mass is 28.4. The number of nitrogens with two attached hydrogens (primary N) is 1. The molecule has 0 spiro atoms. The lowest BCUT2D eigenvalue weighted by Crippen LogP contribution is -2.44. The van der Waals surface area contributed by atoms with Gasteiger partial charge in [0.2, 0.25) is 0 Å². The summed E-state index contributed by atoms with van der Waals surface area (Å²) in [6, 6.07) is 0. The molecule has 0 atom stereocenters. The van der Waals surface area contributed by atoms with Crippen LogP contribution in [0.3, 0.4) is 0 Å². The molecule has 0 amide bonds. The molecule has 0 saturated heterocycles. The molecule has 0 aromatic heterocycles. The third kappa shape index (κ3) is 10.9. The average molecular weight is 296 g/mol. The number of hydrogen-bond donors (Lipinski definition) is 1. The van der Waals surface area contributed by atoms with Crippen LogP contribution in [0, 0.1) is 0 Å². The molecule has 0 aliphatic rings. The van der Waals surface area contributed by atoms with Gasteiger partial charge in [-0.3, -0.25) is 4.79 Å². The van der Waals surface area contributed by atoms with Crippen molar-refractivity contribution in [3.05, 3.63) is 0 Å². The van der Waals surface area contributed by atoms with Gasteiger partial charge in [0.05, 0.1) is 6.54 Å². The lowest BCUT2D eigenvalue weighted by Gasteiger charge is -2.30. The molecular formula is C9H25NO4Si3. The van der Waals surface area contributed by atoms with Crippen LogP contribution in [-0.2, 0) is 18.1 Å². The van der Waals surface area contributed by atoms with Gasteiger partial charge in [-0.15, -0.1) is 0 Å². The quantitative estimate of drug-likeness (QED) is 0.549. The van der Waals surface area contributed by atoms with Crippen molar-refractivity contribution in [3.63, 3.8) is 0 Å². The SMILES string of the molecule is C[Si](C)(C)OC(O[Si](C)(C)C)[SiH2]OC(=O)CN. The summed E-state index contributed by atoms with van der Waals surface area (Å²) in [6.07, 6.45) is 0. The van der Waals surface area contributed by atoms with Crippen LogP contribution < -0.4 is 5.73 Å². The zero-order valence-corrected chi connectivity index (χ0v) is 15.1. The molecule has 0 fully saturated rings. The minimum Gasteiger partial charge on any atom is -0.519 e. The van der Waals surface area contributed by atoms with Crippen molar-refractivity contribution in [1.29, 1.82) is 0 Å². The fraction of sp³-hybridized carbons (Fsp3) is 0.889. The van der Waals surface area contributed by atoms with E-state index in [9.17, 15) is 4.79 Å². The minimum absolute atomic E-state index is 0.0837. The first kappa shape index (κ1) is 17.0. The van der Waals surface area contributed by atoms with Crippen molar-refractivity contribution in [2.75, 3.05) is 6.54 Å². The van der Waals surface area contributed by atoms with E-state index in [-0.39, 0.29) is 18.4 Å². The standard InChI is InChI=1S/C9H25NO4Si3/c1-16(2,3)13-9(14-17(4,5)6)15-12-8(11)7-10/h9H,7,10,15H2,1-6H3. The molecular weight excluding hydrogens is 270 g/mol. The Morgan fingerprint density at radius 1 is 1.12 bits per heavy atom. The van der Waals surface area contributed by atoms with E-state index in [1.807, 2.05) is 0 Å². The lowest BCUT2D eigenvalue weighted by atomic mass is 10.7. The van der Waals surface area contributed by atoms with Gasteiger partial charge in [-0.05, 0) is 39.3 Å². The van der Waals surface area contributed by atoms with Crippen LogP contribution in [0.2, 0.25) is 39.3 Å². The van der Waals surface area contributed by atoms with Crippen LogP contribution >= 0.6 is 0 Å². The summed E-state index contributed by atoms with van der Waals surface area (Å²) in [5.74, 6) is -0.705. The molecule has 5 nitrogen and oxygen atoms in total. The first-order chi connectivity index (χ1) is 7.53. The van der Waals surface area contributed by atoms with Crippen molar-refractivity contribution in [2.24, 2.45) is 5.73 Å². The summed E-state index contributed by atoms with van der Waals surface area (Å²) in [7, 11) is -4.58. The van der Waals surface area contributed by atoms with Crippen LogP contribution in [0.1, 0.15) is 0 Å². The smallest absolute Gasteiger partial charge is 0.306 e. The maximum absolute atomic E-state index is 11.0. The fourth-order valence-corrected chi connectivity index (χ4v) is 6.85. The molecule has 102 valence electrons. The first-order valence-electron chi connectivity index (χ1n) is 5.75. The number of carbonyl (C=O) groups excluding carboxylic acids is 1. The van der Waals surface area contributed by atoms with E-state index < -0.39 is 26.4 Å². The van der Waals surface area contributed by atoms with E-state index in [1.54, 1.807) is 0 Å². The summed E-state index contributed by atoms with van der Waals surface area (Å²) in [4.78, 5) is 11.0. The molecule has 0 rings (SSSR count). The Morgan fingerprint density at radius 3 is 1.82 bits per heavy atom. The second-order valence-electron chi connectivity index (χ2n) is 5.78. The van der Waals surface area contributed by atoms with Gasteiger partial charge in [0.1, 0.15) is 0 Å². The van der Waals surface area contributed by atoms with E-state index >= 15 is 0 Å². The van der Waals surface area contributed by atoms with Crippen LogP contribution in [0.4, 0.5) is 0 Å². The van der Waals surface area contributed by atoms with Crippen molar-refractivity contribution in [1.82, 2.24) is 0 Å². The zero-order chi connectivity index (χ0) is 13.7. The van der Waals surface area contributed by atoms with Gasteiger partial charge in [0.15, 0.2) is 22.5 Å². The maximum Gasteiger partial charge on any atom is 0.306 e. The van der Waals surface area contributed by atoms with E-state index in [0.29, 0.717) is 0 Å². The first-order valence-corrected chi connectivity index (χ1v) is 14.0. The molecule has 0 unspecified atom stereocenters. The molecule has 0 heterocycles. The van der Waals surface area contributed by atoms with Crippen LogP contribution in [0.5, 0.6) is 0 Å². The van der Waals surface area contributed by atoms with Gasteiger partial charge in [-0.1, -0.05) is 0 Å². The predicted molar refractivity (Wildman–Crippen MR) is 76.3 cm³/mol. The van der Waals surface area contributed by atoms with Crippen LogP contribution in [0.15, 0.2) is 0 Å². The molecule has 8 heteroatoms. The average Bonchev–Trinajstić information content (AvgIpc) is 2.08. The van der Waals surface area contributed by atoms with Crippen LogP contribution in [-0.4, -0.2) is 44.8 Å². The van der Waals surface area contributed by atoms with E-state index in [1.165, 1.54) is 0 Å². The maximum atomic E-state index is 11.0. The largest absolute Gasteiger partial charge is 0.519 e.